The van der Waals surface area contributed by atoms with Gasteiger partial charge in [0.2, 0.25) is 5.91 Å². The maximum atomic E-state index is 12.9. The normalized spacial score (nSPS) is 23.1. The summed E-state index contributed by atoms with van der Waals surface area (Å²) in [4.78, 5) is 52.5. The highest BCUT2D eigenvalue weighted by molar-refractivity contribution is 6.05. The molecule has 3 amide bonds. The molecule has 148 valence electrons. The number of nitrogens with zero attached hydrogens (tertiary/aromatic N) is 2. The van der Waals surface area contributed by atoms with Gasteiger partial charge >= 0.3 is 5.97 Å². The van der Waals surface area contributed by atoms with Crippen LogP contribution in [0.25, 0.3) is 0 Å². The number of imide groups is 1. The molecule has 0 aromatic heterocycles. The van der Waals surface area contributed by atoms with Crippen LogP contribution in [-0.2, 0) is 30.4 Å². The summed E-state index contributed by atoms with van der Waals surface area (Å²) in [5, 5.41) is 0. The lowest BCUT2D eigenvalue weighted by molar-refractivity contribution is -0.167. The molecule has 3 aliphatic heterocycles. The molecule has 0 N–H and O–H groups in total. The van der Waals surface area contributed by atoms with E-state index in [1.165, 1.54) is 4.90 Å². The molecule has 1 aromatic rings. The molecule has 0 saturated carbocycles. The van der Waals surface area contributed by atoms with Crippen LogP contribution in [0.3, 0.4) is 0 Å². The quantitative estimate of drug-likeness (QED) is 0.568. The van der Waals surface area contributed by atoms with Crippen molar-refractivity contribution in [3.8, 4) is 0 Å². The first-order valence-electron chi connectivity index (χ1n) is 9.53. The van der Waals surface area contributed by atoms with E-state index >= 15 is 0 Å². The summed E-state index contributed by atoms with van der Waals surface area (Å²) in [5.41, 5.74) is 1.46. The molecular weight excluding hydrogens is 364 g/mol. The molecule has 0 spiro atoms. The summed E-state index contributed by atoms with van der Waals surface area (Å²) >= 11 is 0. The predicted molar refractivity (Wildman–Crippen MR) is 95.7 cm³/mol. The smallest absolute Gasteiger partial charge is 0.310 e. The van der Waals surface area contributed by atoms with Crippen LogP contribution in [0, 0.1) is 5.92 Å². The fourth-order valence-corrected chi connectivity index (χ4v) is 3.95. The molecular formula is C20H22N2O6. The maximum absolute atomic E-state index is 12.9. The first kappa shape index (κ1) is 18.6. The van der Waals surface area contributed by atoms with Gasteiger partial charge in [-0.1, -0.05) is 18.2 Å². The highest BCUT2D eigenvalue weighted by Gasteiger charge is 2.43. The molecule has 3 heterocycles. The lowest BCUT2D eigenvalue weighted by atomic mass is 10.0. The van der Waals surface area contributed by atoms with Crippen molar-refractivity contribution in [3.63, 3.8) is 0 Å². The minimum Gasteiger partial charge on any atom is -0.443 e. The van der Waals surface area contributed by atoms with E-state index < -0.39 is 24.6 Å². The zero-order chi connectivity index (χ0) is 19.7. The zero-order valence-corrected chi connectivity index (χ0v) is 15.5. The van der Waals surface area contributed by atoms with Crippen molar-refractivity contribution >= 4 is 23.7 Å². The monoisotopic (exact) mass is 386 g/mol. The molecule has 1 aromatic carbocycles. The Morgan fingerprint density at radius 2 is 1.86 bits per heavy atom. The van der Waals surface area contributed by atoms with Gasteiger partial charge in [-0.2, -0.15) is 0 Å². The Balaban J connectivity index is 1.42. The van der Waals surface area contributed by atoms with Gasteiger partial charge < -0.3 is 14.4 Å². The van der Waals surface area contributed by atoms with E-state index in [4.69, 9.17) is 9.47 Å². The van der Waals surface area contributed by atoms with Crippen molar-refractivity contribution in [1.29, 1.82) is 0 Å². The molecule has 8 nitrogen and oxygen atoms in total. The molecule has 0 bridgehead atoms. The number of piperidine rings is 1. The molecule has 1 atom stereocenters. The second-order valence-electron chi connectivity index (χ2n) is 7.28. The number of likely N-dealkylation sites (tertiary alicyclic amines) is 1. The van der Waals surface area contributed by atoms with Gasteiger partial charge in [0.15, 0.2) is 6.73 Å². The number of amides is 3. The van der Waals surface area contributed by atoms with E-state index in [1.807, 2.05) is 12.1 Å². The van der Waals surface area contributed by atoms with E-state index in [2.05, 4.69) is 0 Å². The summed E-state index contributed by atoms with van der Waals surface area (Å²) in [7, 11) is 0. The zero-order valence-electron chi connectivity index (χ0n) is 15.5. The first-order valence-corrected chi connectivity index (χ1v) is 9.53. The average Bonchev–Trinajstić information content (AvgIpc) is 3.05. The predicted octanol–water partition coefficient (Wildman–Crippen LogP) is 1.09. The van der Waals surface area contributed by atoms with Gasteiger partial charge in [0, 0.05) is 31.7 Å². The molecule has 2 fully saturated rings. The fraction of sp³-hybridized carbons (Fsp3) is 0.500. The minimum atomic E-state index is -0.723. The van der Waals surface area contributed by atoms with Crippen LogP contribution >= 0.6 is 0 Å². The van der Waals surface area contributed by atoms with E-state index in [0.717, 1.165) is 10.5 Å². The third kappa shape index (κ3) is 3.40. The highest BCUT2D eigenvalue weighted by atomic mass is 16.5. The Hall–Kier alpha value is -2.74. The molecule has 4 rings (SSSR count). The fourth-order valence-electron chi connectivity index (χ4n) is 3.95. The third-order valence-corrected chi connectivity index (χ3v) is 5.60. The number of carbonyl (C=O) groups is 4. The largest absolute Gasteiger partial charge is 0.443 e. The summed E-state index contributed by atoms with van der Waals surface area (Å²) in [6, 6.07) is 6.51. The lowest BCUT2D eigenvalue weighted by Crippen LogP contribution is -2.55. The standard InChI is InChI=1S/C20H22N2O6/c23-17-6-5-16(21-11-14-3-1-2-4-15(14)18(21)24)19(25)22(17)12-28-20(26)13-7-9-27-10-8-13/h1-4,13,16H,5-12H2. The molecule has 28 heavy (non-hydrogen) atoms. The van der Waals surface area contributed by atoms with Crippen molar-refractivity contribution < 1.29 is 28.7 Å². The number of carbonyl (C=O) groups excluding carboxylic acids is 4. The summed E-state index contributed by atoms with van der Waals surface area (Å²) in [6.45, 7) is 0.941. The van der Waals surface area contributed by atoms with Crippen molar-refractivity contribution in [3.05, 3.63) is 35.4 Å². The van der Waals surface area contributed by atoms with Gasteiger partial charge in [-0.25, -0.2) is 4.90 Å². The molecule has 1 unspecified atom stereocenters. The number of fused-ring (bicyclic) bond motifs is 1. The van der Waals surface area contributed by atoms with E-state index in [1.54, 1.807) is 12.1 Å². The second-order valence-corrected chi connectivity index (χ2v) is 7.28. The topological polar surface area (TPSA) is 93.2 Å². The van der Waals surface area contributed by atoms with Crippen molar-refractivity contribution in [2.45, 2.75) is 38.3 Å². The Morgan fingerprint density at radius 3 is 2.61 bits per heavy atom. The Bertz CT molecular complexity index is 817. The van der Waals surface area contributed by atoms with Crippen molar-refractivity contribution in [2.75, 3.05) is 19.9 Å². The summed E-state index contributed by atoms with van der Waals surface area (Å²) in [6.07, 6.45) is 1.56. The van der Waals surface area contributed by atoms with Gasteiger partial charge in [-0.05, 0) is 30.9 Å². The number of benzene rings is 1. The van der Waals surface area contributed by atoms with Crippen molar-refractivity contribution in [2.24, 2.45) is 5.92 Å². The lowest BCUT2D eigenvalue weighted by Gasteiger charge is -2.35. The van der Waals surface area contributed by atoms with Crippen LogP contribution in [0.1, 0.15) is 41.6 Å². The summed E-state index contributed by atoms with van der Waals surface area (Å²) in [5.74, 6) is -1.77. The van der Waals surface area contributed by atoms with Crippen LogP contribution < -0.4 is 0 Å². The van der Waals surface area contributed by atoms with E-state index in [-0.39, 0.29) is 30.6 Å². The maximum Gasteiger partial charge on any atom is 0.310 e. The van der Waals surface area contributed by atoms with Gasteiger partial charge in [0.25, 0.3) is 11.8 Å². The van der Waals surface area contributed by atoms with E-state index in [0.29, 0.717) is 38.2 Å². The number of ether oxygens (including phenoxy) is 2. The minimum absolute atomic E-state index is 0.130. The van der Waals surface area contributed by atoms with Gasteiger partial charge in [0.05, 0.1) is 5.92 Å². The van der Waals surface area contributed by atoms with Crippen molar-refractivity contribution in [1.82, 2.24) is 9.80 Å². The first-order chi connectivity index (χ1) is 13.6. The van der Waals surface area contributed by atoms with E-state index in [9.17, 15) is 19.2 Å². The number of esters is 1. The Kier molecular flexibility index (Phi) is 5.13. The average molecular weight is 386 g/mol. The van der Waals surface area contributed by atoms with Crippen LogP contribution in [-0.4, -0.2) is 59.5 Å². The van der Waals surface area contributed by atoms with Crippen LogP contribution in [0.15, 0.2) is 24.3 Å². The Morgan fingerprint density at radius 1 is 1.11 bits per heavy atom. The van der Waals surface area contributed by atoms with Gasteiger partial charge in [-0.15, -0.1) is 0 Å². The number of hydrogen-bond donors (Lipinski definition) is 0. The van der Waals surface area contributed by atoms with Crippen LogP contribution in [0.5, 0.6) is 0 Å². The summed E-state index contributed by atoms with van der Waals surface area (Å²) < 4.78 is 10.5. The number of rotatable bonds is 4. The molecule has 8 heteroatoms. The van der Waals surface area contributed by atoms with Crippen LogP contribution in [0.2, 0.25) is 0 Å². The molecule has 0 aliphatic carbocycles. The molecule has 0 radical (unpaired) electrons. The molecule has 3 aliphatic rings. The Labute approximate surface area is 162 Å². The third-order valence-electron chi connectivity index (χ3n) is 5.60. The second kappa shape index (κ2) is 7.71. The SMILES string of the molecule is O=C(OCN1C(=O)CCC(N2Cc3ccccc3C2=O)C1=O)C1CCOCC1. The number of hydrogen-bond acceptors (Lipinski definition) is 6. The van der Waals surface area contributed by atoms with Gasteiger partial charge in [-0.3, -0.25) is 19.2 Å². The van der Waals surface area contributed by atoms with Gasteiger partial charge in [0.1, 0.15) is 6.04 Å². The highest BCUT2D eigenvalue weighted by Crippen LogP contribution is 2.29. The molecule has 2 saturated heterocycles. The van der Waals surface area contributed by atoms with Crippen LogP contribution in [0.4, 0.5) is 0 Å².